The van der Waals surface area contributed by atoms with Gasteiger partial charge in [0.25, 0.3) is 0 Å². The van der Waals surface area contributed by atoms with Crippen LogP contribution >= 0.6 is 0 Å². The maximum absolute atomic E-state index is 11.5. The SMILES string of the molecule is CC(CNC(=O)C1CNC1)C(C)(C)C. The van der Waals surface area contributed by atoms with Gasteiger partial charge in [-0.05, 0) is 11.3 Å². The van der Waals surface area contributed by atoms with Gasteiger partial charge in [0.05, 0.1) is 5.92 Å². The Hall–Kier alpha value is -0.570. The molecule has 0 bridgehead atoms. The Kier molecular flexibility index (Phi) is 3.53. The lowest BCUT2D eigenvalue weighted by Crippen LogP contribution is -2.51. The third kappa shape index (κ3) is 2.98. The van der Waals surface area contributed by atoms with Gasteiger partial charge in [-0.2, -0.15) is 0 Å². The van der Waals surface area contributed by atoms with Crippen molar-refractivity contribution in [1.29, 1.82) is 0 Å². The maximum Gasteiger partial charge on any atom is 0.225 e. The van der Waals surface area contributed by atoms with Crippen LogP contribution in [0.5, 0.6) is 0 Å². The molecule has 1 amide bonds. The van der Waals surface area contributed by atoms with E-state index in [0.29, 0.717) is 5.92 Å². The Morgan fingerprint density at radius 1 is 1.50 bits per heavy atom. The molecule has 0 radical (unpaired) electrons. The first-order valence-electron chi connectivity index (χ1n) is 5.39. The molecule has 1 heterocycles. The summed E-state index contributed by atoms with van der Waals surface area (Å²) in [5, 5.41) is 6.11. The number of hydrogen-bond donors (Lipinski definition) is 2. The standard InChI is InChI=1S/C11H22N2O/c1-8(11(2,3)4)5-13-10(14)9-6-12-7-9/h8-9,12H,5-7H2,1-4H3,(H,13,14). The molecule has 0 spiro atoms. The highest BCUT2D eigenvalue weighted by molar-refractivity contribution is 5.79. The van der Waals surface area contributed by atoms with Crippen LogP contribution in [-0.2, 0) is 4.79 Å². The highest BCUT2D eigenvalue weighted by Gasteiger charge is 2.26. The summed E-state index contributed by atoms with van der Waals surface area (Å²) in [6.45, 7) is 11.3. The first-order valence-corrected chi connectivity index (χ1v) is 5.39. The molecule has 1 rings (SSSR count). The van der Waals surface area contributed by atoms with Gasteiger partial charge in [-0.1, -0.05) is 27.7 Å². The molecule has 1 saturated heterocycles. The molecular formula is C11H22N2O. The fourth-order valence-corrected chi connectivity index (χ4v) is 1.18. The third-order valence-corrected chi connectivity index (χ3v) is 3.21. The summed E-state index contributed by atoms with van der Waals surface area (Å²) >= 11 is 0. The summed E-state index contributed by atoms with van der Waals surface area (Å²) in [6.07, 6.45) is 0. The van der Waals surface area contributed by atoms with Crippen molar-refractivity contribution in [3.05, 3.63) is 0 Å². The Balaban J connectivity index is 2.22. The zero-order valence-electron chi connectivity index (χ0n) is 9.68. The molecule has 0 saturated carbocycles. The first-order chi connectivity index (χ1) is 6.41. The van der Waals surface area contributed by atoms with E-state index >= 15 is 0 Å². The predicted molar refractivity (Wildman–Crippen MR) is 58.0 cm³/mol. The minimum atomic E-state index is 0.208. The number of nitrogens with one attached hydrogen (secondary N) is 2. The topological polar surface area (TPSA) is 41.1 Å². The molecule has 0 aromatic heterocycles. The molecule has 2 N–H and O–H groups in total. The number of carbonyl (C=O) groups excluding carboxylic acids is 1. The highest BCUT2D eigenvalue weighted by Crippen LogP contribution is 2.24. The van der Waals surface area contributed by atoms with Gasteiger partial charge < -0.3 is 10.6 Å². The van der Waals surface area contributed by atoms with E-state index in [1.54, 1.807) is 0 Å². The first kappa shape index (κ1) is 11.5. The third-order valence-electron chi connectivity index (χ3n) is 3.21. The number of rotatable bonds is 3. The van der Waals surface area contributed by atoms with Gasteiger partial charge in [0.15, 0.2) is 0 Å². The molecular weight excluding hydrogens is 176 g/mol. The van der Waals surface area contributed by atoms with Crippen molar-refractivity contribution in [2.24, 2.45) is 17.3 Å². The van der Waals surface area contributed by atoms with Gasteiger partial charge in [0.1, 0.15) is 0 Å². The summed E-state index contributed by atoms with van der Waals surface area (Å²) in [4.78, 5) is 11.5. The molecule has 3 heteroatoms. The van der Waals surface area contributed by atoms with Crippen LogP contribution in [0.1, 0.15) is 27.7 Å². The van der Waals surface area contributed by atoms with Gasteiger partial charge in [0.2, 0.25) is 5.91 Å². The summed E-state index contributed by atoms with van der Waals surface area (Å²) in [5.41, 5.74) is 0.269. The molecule has 1 fully saturated rings. The second kappa shape index (κ2) is 4.30. The van der Waals surface area contributed by atoms with E-state index in [1.165, 1.54) is 0 Å². The Labute approximate surface area is 86.6 Å². The summed E-state index contributed by atoms with van der Waals surface area (Å²) in [7, 11) is 0. The molecule has 1 atom stereocenters. The molecule has 82 valence electrons. The normalized spacial score (nSPS) is 20.0. The van der Waals surface area contributed by atoms with E-state index in [2.05, 4.69) is 38.3 Å². The average molecular weight is 198 g/mol. The van der Waals surface area contributed by atoms with Gasteiger partial charge in [-0.25, -0.2) is 0 Å². The minimum absolute atomic E-state index is 0.208. The molecule has 3 nitrogen and oxygen atoms in total. The molecule has 1 aliphatic heterocycles. The fraction of sp³-hybridized carbons (Fsp3) is 0.909. The average Bonchev–Trinajstić information content (AvgIpc) is 1.94. The van der Waals surface area contributed by atoms with Crippen LogP contribution in [0.15, 0.2) is 0 Å². The van der Waals surface area contributed by atoms with E-state index < -0.39 is 0 Å². The molecule has 0 aliphatic carbocycles. The lowest BCUT2D eigenvalue weighted by molar-refractivity contribution is -0.126. The lowest BCUT2D eigenvalue weighted by Gasteiger charge is -2.30. The second-order valence-corrected chi connectivity index (χ2v) is 5.37. The molecule has 0 aromatic rings. The quantitative estimate of drug-likeness (QED) is 0.710. The Bertz CT molecular complexity index is 204. The van der Waals surface area contributed by atoms with Gasteiger partial charge >= 0.3 is 0 Å². The van der Waals surface area contributed by atoms with Crippen LogP contribution in [-0.4, -0.2) is 25.5 Å². The molecule has 1 aliphatic rings. The van der Waals surface area contributed by atoms with Crippen LogP contribution in [0, 0.1) is 17.3 Å². The van der Waals surface area contributed by atoms with Crippen LogP contribution < -0.4 is 10.6 Å². The van der Waals surface area contributed by atoms with E-state index in [0.717, 1.165) is 19.6 Å². The zero-order valence-corrected chi connectivity index (χ0v) is 9.68. The summed E-state index contributed by atoms with van der Waals surface area (Å²) in [5.74, 6) is 0.932. The number of hydrogen-bond acceptors (Lipinski definition) is 2. The smallest absolute Gasteiger partial charge is 0.225 e. The van der Waals surface area contributed by atoms with Crippen molar-refractivity contribution in [2.75, 3.05) is 19.6 Å². The zero-order chi connectivity index (χ0) is 10.8. The monoisotopic (exact) mass is 198 g/mol. The molecule has 14 heavy (non-hydrogen) atoms. The summed E-state index contributed by atoms with van der Waals surface area (Å²) in [6, 6.07) is 0. The van der Waals surface area contributed by atoms with Crippen molar-refractivity contribution >= 4 is 5.91 Å². The van der Waals surface area contributed by atoms with E-state index in [-0.39, 0.29) is 17.2 Å². The molecule has 0 aromatic carbocycles. The van der Waals surface area contributed by atoms with E-state index in [9.17, 15) is 4.79 Å². The lowest BCUT2D eigenvalue weighted by atomic mass is 9.82. The highest BCUT2D eigenvalue weighted by atomic mass is 16.2. The Morgan fingerprint density at radius 2 is 2.07 bits per heavy atom. The van der Waals surface area contributed by atoms with Crippen molar-refractivity contribution in [3.63, 3.8) is 0 Å². The number of carbonyl (C=O) groups is 1. The van der Waals surface area contributed by atoms with Crippen LogP contribution in [0.4, 0.5) is 0 Å². The van der Waals surface area contributed by atoms with Crippen LogP contribution in [0.25, 0.3) is 0 Å². The van der Waals surface area contributed by atoms with E-state index in [4.69, 9.17) is 0 Å². The fourth-order valence-electron chi connectivity index (χ4n) is 1.18. The Morgan fingerprint density at radius 3 is 2.43 bits per heavy atom. The van der Waals surface area contributed by atoms with Gasteiger partial charge in [-0.15, -0.1) is 0 Å². The second-order valence-electron chi connectivity index (χ2n) is 5.37. The van der Waals surface area contributed by atoms with Crippen LogP contribution in [0.3, 0.4) is 0 Å². The van der Waals surface area contributed by atoms with E-state index in [1.807, 2.05) is 0 Å². The van der Waals surface area contributed by atoms with Crippen LogP contribution in [0.2, 0.25) is 0 Å². The van der Waals surface area contributed by atoms with Gasteiger partial charge in [0, 0.05) is 19.6 Å². The maximum atomic E-state index is 11.5. The largest absolute Gasteiger partial charge is 0.355 e. The van der Waals surface area contributed by atoms with Crippen molar-refractivity contribution in [3.8, 4) is 0 Å². The predicted octanol–water partition coefficient (Wildman–Crippen LogP) is 1.00. The van der Waals surface area contributed by atoms with Gasteiger partial charge in [-0.3, -0.25) is 4.79 Å². The van der Waals surface area contributed by atoms with Crippen molar-refractivity contribution in [1.82, 2.24) is 10.6 Å². The molecule has 1 unspecified atom stereocenters. The minimum Gasteiger partial charge on any atom is -0.355 e. The van der Waals surface area contributed by atoms with Crippen molar-refractivity contribution in [2.45, 2.75) is 27.7 Å². The van der Waals surface area contributed by atoms with Crippen molar-refractivity contribution < 1.29 is 4.79 Å². The summed E-state index contributed by atoms with van der Waals surface area (Å²) < 4.78 is 0. The number of amides is 1.